The van der Waals surface area contributed by atoms with E-state index in [0.717, 1.165) is 6.42 Å². The van der Waals surface area contributed by atoms with Crippen molar-refractivity contribution in [3.8, 4) is 5.75 Å². The summed E-state index contributed by atoms with van der Waals surface area (Å²) in [5, 5.41) is 0. The zero-order valence-electron chi connectivity index (χ0n) is 15.3. The number of para-hydroxylation sites is 1. The van der Waals surface area contributed by atoms with E-state index < -0.39 is 27.9 Å². The standard InChI is InChI=1S/C20H22FNO5S/c21-17-10-4-5-12-19(17)26-14-15-27-20(23)18-11-6-7-13-22(18)28(24,25)16-8-2-1-3-9-16/h1-5,8-10,12,18H,6-7,11,13-15H2/t18-/m0/s1. The zero-order chi connectivity index (χ0) is 20.0. The summed E-state index contributed by atoms with van der Waals surface area (Å²) in [7, 11) is -3.78. The van der Waals surface area contributed by atoms with E-state index in [1.807, 2.05) is 0 Å². The maximum Gasteiger partial charge on any atom is 0.324 e. The molecule has 1 saturated heterocycles. The molecule has 3 rings (SSSR count). The third-order valence-corrected chi connectivity index (χ3v) is 6.42. The summed E-state index contributed by atoms with van der Waals surface area (Å²) in [4.78, 5) is 12.7. The number of carbonyl (C=O) groups excluding carboxylic acids is 1. The first kappa shape index (κ1) is 20.3. The second kappa shape index (κ2) is 9.16. The number of piperidine rings is 1. The Labute approximate surface area is 163 Å². The van der Waals surface area contributed by atoms with Crippen LogP contribution in [0.15, 0.2) is 59.5 Å². The largest absolute Gasteiger partial charge is 0.487 e. The van der Waals surface area contributed by atoms with Crippen molar-refractivity contribution < 1.29 is 27.1 Å². The van der Waals surface area contributed by atoms with Gasteiger partial charge in [0.25, 0.3) is 0 Å². The third kappa shape index (κ3) is 4.69. The Bertz CT molecular complexity index is 904. The second-order valence-corrected chi connectivity index (χ2v) is 8.28. The summed E-state index contributed by atoms with van der Waals surface area (Å²) in [6.45, 7) is 0.149. The molecule has 0 N–H and O–H groups in total. The van der Waals surface area contributed by atoms with Crippen LogP contribution in [0.4, 0.5) is 4.39 Å². The smallest absolute Gasteiger partial charge is 0.324 e. The minimum Gasteiger partial charge on any atom is -0.487 e. The molecule has 0 aromatic heterocycles. The maximum atomic E-state index is 13.5. The van der Waals surface area contributed by atoms with Gasteiger partial charge in [-0.25, -0.2) is 12.8 Å². The van der Waals surface area contributed by atoms with Crippen LogP contribution >= 0.6 is 0 Å². The van der Waals surface area contributed by atoms with E-state index in [4.69, 9.17) is 9.47 Å². The number of benzene rings is 2. The van der Waals surface area contributed by atoms with Crippen LogP contribution in [0.5, 0.6) is 5.75 Å². The predicted molar refractivity (Wildman–Crippen MR) is 101 cm³/mol. The summed E-state index contributed by atoms with van der Waals surface area (Å²) in [6, 6.07) is 13.1. The number of hydrogen-bond donors (Lipinski definition) is 0. The lowest BCUT2D eigenvalue weighted by Gasteiger charge is -2.33. The minimum atomic E-state index is -3.78. The topological polar surface area (TPSA) is 72.9 Å². The molecule has 0 saturated carbocycles. The first-order valence-corrected chi connectivity index (χ1v) is 10.5. The molecule has 6 nitrogen and oxygen atoms in total. The SMILES string of the molecule is O=C(OCCOc1ccccc1F)[C@@H]1CCCCN1S(=O)(=O)c1ccccc1. The molecular formula is C20H22FNO5S. The Morgan fingerprint density at radius 3 is 2.50 bits per heavy atom. The van der Waals surface area contributed by atoms with Gasteiger partial charge in [-0.2, -0.15) is 4.31 Å². The van der Waals surface area contributed by atoms with Gasteiger partial charge in [0.05, 0.1) is 4.90 Å². The molecule has 8 heteroatoms. The van der Waals surface area contributed by atoms with Crippen LogP contribution in [-0.2, 0) is 19.6 Å². The van der Waals surface area contributed by atoms with Crippen molar-refractivity contribution in [3.05, 3.63) is 60.4 Å². The van der Waals surface area contributed by atoms with Crippen LogP contribution in [-0.4, -0.2) is 44.5 Å². The number of hydrogen-bond acceptors (Lipinski definition) is 5. The monoisotopic (exact) mass is 407 g/mol. The number of nitrogens with zero attached hydrogens (tertiary/aromatic N) is 1. The molecular weight excluding hydrogens is 385 g/mol. The summed E-state index contributed by atoms with van der Waals surface area (Å²) >= 11 is 0. The van der Waals surface area contributed by atoms with Crippen LogP contribution in [0.25, 0.3) is 0 Å². The van der Waals surface area contributed by atoms with Gasteiger partial charge in [0.15, 0.2) is 11.6 Å². The molecule has 2 aromatic rings. The van der Waals surface area contributed by atoms with Crippen LogP contribution in [0.3, 0.4) is 0 Å². The molecule has 28 heavy (non-hydrogen) atoms. The fourth-order valence-corrected chi connectivity index (χ4v) is 4.78. The highest BCUT2D eigenvalue weighted by atomic mass is 32.2. The number of halogens is 1. The van der Waals surface area contributed by atoms with Gasteiger partial charge < -0.3 is 9.47 Å². The number of sulfonamides is 1. The van der Waals surface area contributed by atoms with Gasteiger partial charge in [-0.15, -0.1) is 0 Å². The van der Waals surface area contributed by atoms with Gasteiger partial charge in [0, 0.05) is 6.54 Å². The van der Waals surface area contributed by atoms with Crippen molar-refractivity contribution in [3.63, 3.8) is 0 Å². The molecule has 0 radical (unpaired) electrons. The van der Waals surface area contributed by atoms with E-state index in [1.165, 1.54) is 28.6 Å². The molecule has 2 aromatic carbocycles. The van der Waals surface area contributed by atoms with Gasteiger partial charge in [-0.1, -0.05) is 30.3 Å². The van der Waals surface area contributed by atoms with Gasteiger partial charge in [-0.3, -0.25) is 4.79 Å². The number of carbonyl (C=O) groups is 1. The van der Waals surface area contributed by atoms with Crippen molar-refractivity contribution in [1.82, 2.24) is 4.31 Å². The van der Waals surface area contributed by atoms with Crippen LogP contribution in [0.1, 0.15) is 19.3 Å². The average Bonchev–Trinajstić information content (AvgIpc) is 2.73. The summed E-state index contributed by atoms with van der Waals surface area (Å²) in [5.74, 6) is -1.04. The lowest BCUT2D eigenvalue weighted by molar-refractivity contribution is -0.149. The highest BCUT2D eigenvalue weighted by Crippen LogP contribution is 2.26. The summed E-state index contributed by atoms with van der Waals surface area (Å²) < 4.78 is 51.0. The third-order valence-electron chi connectivity index (χ3n) is 4.50. The average molecular weight is 407 g/mol. The number of esters is 1. The first-order chi connectivity index (χ1) is 13.5. The Morgan fingerprint density at radius 1 is 1.04 bits per heavy atom. The zero-order valence-corrected chi connectivity index (χ0v) is 16.1. The van der Waals surface area contributed by atoms with E-state index >= 15 is 0 Å². The lowest BCUT2D eigenvalue weighted by atomic mass is 10.1. The molecule has 0 amide bonds. The fourth-order valence-electron chi connectivity index (χ4n) is 3.11. The van der Waals surface area contributed by atoms with Crippen LogP contribution in [0.2, 0.25) is 0 Å². The first-order valence-electron chi connectivity index (χ1n) is 9.11. The molecule has 150 valence electrons. The summed E-state index contributed by atoms with van der Waals surface area (Å²) in [5.41, 5.74) is 0. The molecule has 1 aliphatic heterocycles. The molecule has 0 spiro atoms. The maximum absolute atomic E-state index is 13.5. The van der Waals surface area contributed by atoms with E-state index in [0.29, 0.717) is 12.8 Å². The minimum absolute atomic E-state index is 0.0230. The van der Waals surface area contributed by atoms with Gasteiger partial charge in [-0.05, 0) is 43.5 Å². The number of rotatable bonds is 7. The van der Waals surface area contributed by atoms with Crippen molar-refractivity contribution >= 4 is 16.0 Å². The van der Waals surface area contributed by atoms with Crippen LogP contribution < -0.4 is 4.74 Å². The normalized spacial score (nSPS) is 17.8. The van der Waals surface area contributed by atoms with Crippen molar-refractivity contribution in [1.29, 1.82) is 0 Å². The molecule has 0 bridgehead atoms. The van der Waals surface area contributed by atoms with Crippen LogP contribution in [0, 0.1) is 5.82 Å². The van der Waals surface area contributed by atoms with E-state index in [-0.39, 0.29) is 30.4 Å². The van der Waals surface area contributed by atoms with Crippen molar-refractivity contribution in [2.24, 2.45) is 0 Å². The molecule has 1 heterocycles. The second-order valence-electron chi connectivity index (χ2n) is 6.39. The Balaban J connectivity index is 1.60. The lowest BCUT2D eigenvalue weighted by Crippen LogP contribution is -2.48. The fraction of sp³-hybridized carbons (Fsp3) is 0.350. The van der Waals surface area contributed by atoms with Crippen molar-refractivity contribution in [2.45, 2.75) is 30.2 Å². The Morgan fingerprint density at radius 2 is 1.75 bits per heavy atom. The van der Waals surface area contributed by atoms with E-state index in [1.54, 1.807) is 30.3 Å². The van der Waals surface area contributed by atoms with Crippen molar-refractivity contribution in [2.75, 3.05) is 19.8 Å². The highest BCUT2D eigenvalue weighted by molar-refractivity contribution is 7.89. The quantitative estimate of drug-likeness (QED) is 0.521. The molecule has 1 atom stereocenters. The van der Waals surface area contributed by atoms with Gasteiger partial charge >= 0.3 is 5.97 Å². The van der Waals surface area contributed by atoms with Gasteiger partial charge in [0.1, 0.15) is 19.3 Å². The summed E-state index contributed by atoms with van der Waals surface area (Å²) in [6.07, 6.45) is 1.83. The van der Waals surface area contributed by atoms with E-state index in [9.17, 15) is 17.6 Å². The molecule has 0 unspecified atom stereocenters. The number of ether oxygens (including phenoxy) is 2. The molecule has 0 aliphatic carbocycles. The van der Waals surface area contributed by atoms with Gasteiger partial charge in [0.2, 0.25) is 10.0 Å². The predicted octanol–water partition coefficient (Wildman–Crippen LogP) is 2.99. The highest BCUT2D eigenvalue weighted by Gasteiger charge is 2.38. The Hall–Kier alpha value is -2.45. The molecule has 1 fully saturated rings. The van der Waals surface area contributed by atoms with E-state index in [2.05, 4.69) is 0 Å². The molecule has 1 aliphatic rings. The Kier molecular flexibility index (Phi) is 6.64.